The van der Waals surface area contributed by atoms with Gasteiger partial charge >= 0.3 is 6.18 Å². The third kappa shape index (κ3) is 4.73. The molecule has 5 nitrogen and oxygen atoms in total. The van der Waals surface area contributed by atoms with E-state index in [2.05, 4.69) is 0 Å². The van der Waals surface area contributed by atoms with Gasteiger partial charge in [0, 0.05) is 44.4 Å². The van der Waals surface area contributed by atoms with Gasteiger partial charge in [-0.1, -0.05) is 12.1 Å². The molecule has 2 aliphatic heterocycles. The fourth-order valence-electron chi connectivity index (χ4n) is 5.20. The number of hydrogen-bond acceptors (Lipinski definition) is 4. The topological polar surface area (TPSA) is 67.6 Å². The van der Waals surface area contributed by atoms with Crippen molar-refractivity contribution in [2.75, 3.05) is 37.7 Å². The molecule has 2 aromatic carbocycles. The monoisotopic (exact) mass is 475 g/mol. The maximum absolute atomic E-state index is 13.4. The summed E-state index contributed by atoms with van der Waals surface area (Å²) in [6.07, 6.45) is -3.22. The molecule has 9 heteroatoms. The first-order valence-electron chi connectivity index (χ1n) is 11.1. The van der Waals surface area contributed by atoms with Crippen molar-refractivity contribution in [3.8, 4) is 6.07 Å². The summed E-state index contributed by atoms with van der Waals surface area (Å²) in [5.41, 5.74) is -0.535. The van der Waals surface area contributed by atoms with Crippen LogP contribution in [0.3, 0.4) is 0 Å². The Bertz CT molecular complexity index is 1090. The van der Waals surface area contributed by atoms with Crippen molar-refractivity contribution < 1.29 is 27.5 Å². The van der Waals surface area contributed by atoms with Crippen LogP contribution in [-0.2, 0) is 17.4 Å². The van der Waals surface area contributed by atoms with E-state index in [1.165, 1.54) is 24.3 Å². The van der Waals surface area contributed by atoms with Crippen molar-refractivity contribution in [1.29, 1.82) is 5.26 Å². The predicted molar refractivity (Wildman–Crippen MR) is 117 cm³/mol. The quantitative estimate of drug-likeness (QED) is 0.679. The molecular weight excluding hydrogens is 450 g/mol. The highest BCUT2D eigenvalue weighted by Crippen LogP contribution is 2.46. The molecule has 0 aromatic heterocycles. The fraction of sp³-hybridized carbons (Fsp3) is 0.440. The zero-order chi connectivity index (χ0) is 24.5. The summed E-state index contributed by atoms with van der Waals surface area (Å²) < 4.78 is 53.2. The maximum atomic E-state index is 13.4. The lowest BCUT2D eigenvalue weighted by molar-refractivity contribution is -0.137. The minimum absolute atomic E-state index is 0.0740. The molecule has 1 atom stereocenters. The number of carbonyl (C=O) groups is 1. The minimum atomic E-state index is -4.61. The van der Waals surface area contributed by atoms with Crippen LogP contribution in [0.2, 0.25) is 0 Å². The largest absolute Gasteiger partial charge is 0.417 e. The van der Waals surface area contributed by atoms with Crippen molar-refractivity contribution in [1.82, 2.24) is 4.90 Å². The van der Waals surface area contributed by atoms with E-state index >= 15 is 0 Å². The third-order valence-corrected chi connectivity index (χ3v) is 7.21. The second kappa shape index (κ2) is 9.26. The number of benzene rings is 2. The summed E-state index contributed by atoms with van der Waals surface area (Å²) in [5.74, 6) is -0.571. The van der Waals surface area contributed by atoms with Crippen LogP contribution >= 0.6 is 0 Å². The van der Waals surface area contributed by atoms with Gasteiger partial charge in [0.25, 0.3) is 0 Å². The molecule has 2 aliphatic rings. The van der Waals surface area contributed by atoms with E-state index in [-0.39, 0.29) is 36.1 Å². The molecule has 1 spiro atoms. The number of likely N-dealkylation sites (tertiary alicyclic amines) is 1. The Kier molecular flexibility index (Phi) is 6.54. The molecule has 0 aliphatic carbocycles. The highest BCUT2D eigenvalue weighted by molar-refractivity contribution is 5.79. The lowest BCUT2D eigenvalue weighted by atomic mass is 9.71. The van der Waals surface area contributed by atoms with Crippen molar-refractivity contribution in [3.05, 3.63) is 65.0 Å². The van der Waals surface area contributed by atoms with Crippen LogP contribution in [0.4, 0.5) is 23.2 Å². The zero-order valence-corrected chi connectivity index (χ0v) is 18.5. The standard InChI is InChI=1S/C25H25F4N3O2/c26-20-4-1-17(2-5-20)11-23(34)32-14-19(15-33)24(16-32)7-9-31(10-8-24)21-6-3-18(13-30)22(12-21)25(27,28)29/h1-6,12,19,33H,7-11,14-16H2. The Balaban J connectivity index is 1.45. The van der Waals surface area contributed by atoms with Crippen molar-refractivity contribution >= 4 is 11.6 Å². The van der Waals surface area contributed by atoms with E-state index in [0.717, 1.165) is 6.07 Å². The highest BCUT2D eigenvalue weighted by Gasteiger charge is 2.49. The van der Waals surface area contributed by atoms with Gasteiger partial charge in [0.05, 0.1) is 23.6 Å². The fourth-order valence-corrected chi connectivity index (χ4v) is 5.20. The van der Waals surface area contributed by atoms with E-state index in [4.69, 9.17) is 5.26 Å². The predicted octanol–water partition coefficient (Wildman–Crippen LogP) is 4.00. The van der Waals surface area contributed by atoms with Gasteiger partial charge in [-0.15, -0.1) is 0 Å². The first-order chi connectivity index (χ1) is 16.1. The van der Waals surface area contributed by atoms with Gasteiger partial charge < -0.3 is 14.9 Å². The Morgan fingerprint density at radius 1 is 1.15 bits per heavy atom. The number of piperidine rings is 1. The van der Waals surface area contributed by atoms with E-state index in [9.17, 15) is 27.5 Å². The lowest BCUT2D eigenvalue weighted by Crippen LogP contribution is -2.45. The van der Waals surface area contributed by atoms with E-state index in [1.54, 1.807) is 23.1 Å². The number of nitriles is 1. The average Bonchev–Trinajstić information content (AvgIpc) is 3.18. The number of hydrogen-bond donors (Lipinski definition) is 1. The highest BCUT2D eigenvalue weighted by atomic mass is 19.4. The molecule has 2 fully saturated rings. The van der Waals surface area contributed by atoms with Gasteiger partial charge in [-0.2, -0.15) is 18.4 Å². The van der Waals surface area contributed by atoms with Crippen molar-refractivity contribution in [2.24, 2.45) is 11.3 Å². The number of nitrogens with zero attached hydrogens (tertiary/aromatic N) is 3. The number of aliphatic hydroxyl groups excluding tert-OH is 1. The number of aliphatic hydroxyl groups is 1. The van der Waals surface area contributed by atoms with Crippen LogP contribution in [0.15, 0.2) is 42.5 Å². The summed E-state index contributed by atoms with van der Waals surface area (Å²) in [6.45, 7) is 1.80. The molecule has 4 rings (SSSR count). The Labute approximate surface area is 195 Å². The second-order valence-electron chi connectivity index (χ2n) is 9.15. The average molecular weight is 475 g/mol. The molecule has 2 heterocycles. The van der Waals surface area contributed by atoms with Crippen LogP contribution in [0.1, 0.15) is 29.5 Å². The lowest BCUT2D eigenvalue weighted by Gasteiger charge is -2.43. The summed E-state index contributed by atoms with van der Waals surface area (Å²) >= 11 is 0. The zero-order valence-electron chi connectivity index (χ0n) is 18.5. The first-order valence-corrected chi connectivity index (χ1v) is 11.1. The van der Waals surface area contributed by atoms with Crippen LogP contribution in [0.5, 0.6) is 0 Å². The molecule has 0 radical (unpaired) electrons. The number of rotatable bonds is 4. The number of halogens is 4. The number of anilines is 1. The van der Waals surface area contributed by atoms with Gasteiger partial charge in [0.15, 0.2) is 0 Å². The molecule has 1 amide bonds. The summed E-state index contributed by atoms with van der Waals surface area (Å²) in [6, 6.07) is 11.1. The molecule has 1 N–H and O–H groups in total. The molecule has 2 aromatic rings. The van der Waals surface area contributed by atoms with Gasteiger partial charge in [-0.3, -0.25) is 4.79 Å². The Morgan fingerprint density at radius 2 is 1.82 bits per heavy atom. The van der Waals surface area contributed by atoms with Crippen LogP contribution in [-0.4, -0.2) is 48.7 Å². The summed E-state index contributed by atoms with van der Waals surface area (Å²) in [4.78, 5) is 16.5. The van der Waals surface area contributed by atoms with Crippen LogP contribution in [0.25, 0.3) is 0 Å². The minimum Gasteiger partial charge on any atom is -0.396 e. The summed E-state index contributed by atoms with van der Waals surface area (Å²) in [5, 5.41) is 19.0. The Morgan fingerprint density at radius 3 is 2.41 bits per heavy atom. The van der Waals surface area contributed by atoms with Crippen LogP contribution in [0, 0.1) is 28.5 Å². The molecule has 2 saturated heterocycles. The van der Waals surface area contributed by atoms with E-state index in [0.29, 0.717) is 50.3 Å². The number of alkyl halides is 3. The molecule has 180 valence electrons. The molecule has 34 heavy (non-hydrogen) atoms. The molecular formula is C25H25F4N3O2. The number of amides is 1. The normalized spacial score (nSPS) is 19.9. The SMILES string of the molecule is N#Cc1ccc(N2CCC3(CC2)CN(C(=O)Cc2ccc(F)cc2)CC3CO)cc1C(F)(F)F. The molecule has 0 bridgehead atoms. The smallest absolute Gasteiger partial charge is 0.396 e. The number of carbonyl (C=O) groups excluding carboxylic acids is 1. The van der Waals surface area contributed by atoms with Gasteiger partial charge in [-0.05, 0) is 54.2 Å². The molecule has 0 saturated carbocycles. The van der Waals surface area contributed by atoms with Gasteiger partial charge in [-0.25, -0.2) is 4.39 Å². The Hall–Kier alpha value is -3.12. The van der Waals surface area contributed by atoms with Crippen molar-refractivity contribution in [3.63, 3.8) is 0 Å². The summed E-state index contributed by atoms with van der Waals surface area (Å²) in [7, 11) is 0. The van der Waals surface area contributed by atoms with E-state index in [1.807, 2.05) is 4.90 Å². The maximum Gasteiger partial charge on any atom is 0.417 e. The van der Waals surface area contributed by atoms with Gasteiger partial charge in [0.2, 0.25) is 5.91 Å². The van der Waals surface area contributed by atoms with Crippen LogP contribution < -0.4 is 4.90 Å². The third-order valence-electron chi connectivity index (χ3n) is 7.21. The van der Waals surface area contributed by atoms with E-state index < -0.39 is 17.3 Å². The van der Waals surface area contributed by atoms with Crippen molar-refractivity contribution in [2.45, 2.75) is 25.4 Å². The first kappa shape index (κ1) is 24.0. The molecule has 1 unspecified atom stereocenters. The second-order valence-corrected chi connectivity index (χ2v) is 9.15. The van der Waals surface area contributed by atoms with Gasteiger partial charge in [0.1, 0.15) is 5.82 Å².